The van der Waals surface area contributed by atoms with E-state index in [-0.39, 0.29) is 5.91 Å². The third-order valence-corrected chi connectivity index (χ3v) is 3.19. The number of amides is 1. The van der Waals surface area contributed by atoms with Crippen molar-refractivity contribution in [2.45, 2.75) is 12.8 Å². The number of anilines is 2. The number of pyridine rings is 1. The molecule has 5 nitrogen and oxygen atoms in total. The lowest BCUT2D eigenvalue weighted by molar-refractivity contribution is -0.115. The summed E-state index contributed by atoms with van der Waals surface area (Å²) in [6.45, 7) is 0.724. The largest absolute Gasteiger partial charge is 0.493 e. The van der Waals surface area contributed by atoms with Crippen molar-refractivity contribution in [2.24, 2.45) is 0 Å². The van der Waals surface area contributed by atoms with Crippen molar-refractivity contribution in [3.8, 4) is 5.75 Å². The summed E-state index contributed by atoms with van der Waals surface area (Å²) in [6.07, 6.45) is 2.79. The molecule has 1 aromatic carbocycles. The van der Waals surface area contributed by atoms with Gasteiger partial charge in [0.15, 0.2) is 0 Å². The standard InChI is InChI=1S/C15H15N3O2/c16-14-4-2-12(9-17-14)18-15(19)8-10-1-3-13-11(7-10)5-6-20-13/h1-4,7,9H,5-6,8H2,(H2,16,17)(H,18,19). The van der Waals surface area contributed by atoms with Gasteiger partial charge < -0.3 is 15.8 Å². The molecule has 1 aromatic heterocycles. The number of aromatic nitrogens is 1. The Kier molecular flexibility index (Phi) is 3.25. The molecule has 0 saturated heterocycles. The second kappa shape index (κ2) is 5.21. The molecule has 5 heteroatoms. The summed E-state index contributed by atoms with van der Waals surface area (Å²) in [5.74, 6) is 1.29. The van der Waals surface area contributed by atoms with Gasteiger partial charge in [0, 0.05) is 6.42 Å². The fraction of sp³-hybridized carbons (Fsp3) is 0.200. The number of nitrogens with two attached hydrogens (primary N) is 1. The minimum atomic E-state index is -0.0737. The van der Waals surface area contributed by atoms with Crippen LogP contribution in [0.1, 0.15) is 11.1 Å². The number of rotatable bonds is 3. The zero-order chi connectivity index (χ0) is 13.9. The molecule has 0 saturated carbocycles. The Bertz CT molecular complexity index is 638. The van der Waals surface area contributed by atoms with E-state index in [4.69, 9.17) is 10.5 Å². The highest BCUT2D eigenvalue weighted by molar-refractivity contribution is 5.92. The molecule has 0 fully saturated rings. The van der Waals surface area contributed by atoms with E-state index in [2.05, 4.69) is 10.3 Å². The number of carbonyl (C=O) groups excluding carboxylic acids is 1. The van der Waals surface area contributed by atoms with E-state index in [0.29, 0.717) is 17.9 Å². The average molecular weight is 269 g/mol. The first-order valence-electron chi connectivity index (χ1n) is 6.47. The number of hydrogen-bond acceptors (Lipinski definition) is 4. The molecule has 0 atom stereocenters. The number of carbonyl (C=O) groups is 1. The summed E-state index contributed by atoms with van der Waals surface area (Å²) in [6, 6.07) is 9.27. The van der Waals surface area contributed by atoms with Crippen molar-refractivity contribution in [3.63, 3.8) is 0 Å². The quantitative estimate of drug-likeness (QED) is 0.890. The van der Waals surface area contributed by atoms with Crippen LogP contribution in [0.25, 0.3) is 0 Å². The second-order valence-electron chi connectivity index (χ2n) is 4.74. The molecule has 2 aromatic rings. The molecule has 0 bridgehead atoms. The summed E-state index contributed by atoms with van der Waals surface area (Å²) in [7, 11) is 0. The molecule has 20 heavy (non-hydrogen) atoms. The molecule has 0 unspecified atom stereocenters. The van der Waals surface area contributed by atoms with Crippen LogP contribution in [-0.4, -0.2) is 17.5 Å². The fourth-order valence-electron chi connectivity index (χ4n) is 2.22. The Morgan fingerprint density at radius 2 is 2.25 bits per heavy atom. The maximum atomic E-state index is 12.0. The van der Waals surface area contributed by atoms with Crippen molar-refractivity contribution in [3.05, 3.63) is 47.7 Å². The van der Waals surface area contributed by atoms with Gasteiger partial charge in [0.1, 0.15) is 11.6 Å². The van der Waals surface area contributed by atoms with Crippen LogP contribution in [-0.2, 0) is 17.6 Å². The lowest BCUT2D eigenvalue weighted by atomic mass is 10.1. The van der Waals surface area contributed by atoms with Crippen molar-refractivity contribution in [1.29, 1.82) is 0 Å². The third-order valence-electron chi connectivity index (χ3n) is 3.19. The topological polar surface area (TPSA) is 77.2 Å². The summed E-state index contributed by atoms with van der Waals surface area (Å²) in [5, 5.41) is 2.80. The Morgan fingerprint density at radius 1 is 1.35 bits per heavy atom. The molecular formula is C15H15N3O2. The number of fused-ring (bicyclic) bond motifs is 1. The number of hydrogen-bond donors (Lipinski definition) is 2. The SMILES string of the molecule is Nc1ccc(NC(=O)Cc2ccc3c(c2)CCO3)cn1. The zero-order valence-electron chi connectivity index (χ0n) is 10.9. The Balaban J connectivity index is 1.65. The average Bonchev–Trinajstić information content (AvgIpc) is 2.89. The highest BCUT2D eigenvalue weighted by Crippen LogP contribution is 2.26. The monoisotopic (exact) mass is 269 g/mol. The predicted octanol–water partition coefficient (Wildman–Crippen LogP) is 1.78. The molecular weight excluding hydrogens is 254 g/mol. The third kappa shape index (κ3) is 2.71. The van der Waals surface area contributed by atoms with Crippen LogP contribution < -0.4 is 15.8 Å². The van der Waals surface area contributed by atoms with E-state index in [1.165, 1.54) is 5.56 Å². The normalized spacial score (nSPS) is 12.6. The van der Waals surface area contributed by atoms with Crippen molar-refractivity contribution < 1.29 is 9.53 Å². The van der Waals surface area contributed by atoms with Crippen molar-refractivity contribution in [1.82, 2.24) is 4.98 Å². The van der Waals surface area contributed by atoms with E-state index < -0.39 is 0 Å². The summed E-state index contributed by atoms with van der Waals surface area (Å²) >= 11 is 0. The Labute approximate surface area is 116 Å². The molecule has 2 heterocycles. The van der Waals surface area contributed by atoms with Gasteiger partial charge >= 0.3 is 0 Å². The number of nitrogens with one attached hydrogen (secondary N) is 1. The summed E-state index contributed by atoms with van der Waals surface area (Å²) in [5.41, 5.74) is 8.30. The Morgan fingerprint density at radius 3 is 3.05 bits per heavy atom. The van der Waals surface area contributed by atoms with Crippen molar-refractivity contribution >= 4 is 17.4 Å². The van der Waals surface area contributed by atoms with Gasteiger partial charge in [-0.15, -0.1) is 0 Å². The number of nitrogen functional groups attached to an aromatic ring is 1. The summed E-state index contributed by atoms with van der Waals surface area (Å²) in [4.78, 5) is 15.9. The molecule has 0 spiro atoms. The molecule has 0 aliphatic carbocycles. The minimum absolute atomic E-state index is 0.0737. The van der Waals surface area contributed by atoms with E-state index >= 15 is 0 Å². The predicted molar refractivity (Wildman–Crippen MR) is 76.6 cm³/mol. The van der Waals surface area contributed by atoms with Crippen molar-refractivity contribution in [2.75, 3.05) is 17.7 Å². The smallest absolute Gasteiger partial charge is 0.228 e. The van der Waals surface area contributed by atoms with Crippen LogP contribution in [0.2, 0.25) is 0 Å². The van der Waals surface area contributed by atoms with Crippen LogP contribution in [0.3, 0.4) is 0 Å². The molecule has 1 aliphatic heterocycles. The van der Waals surface area contributed by atoms with Gasteiger partial charge in [-0.25, -0.2) is 4.98 Å². The molecule has 1 amide bonds. The fourth-order valence-corrected chi connectivity index (χ4v) is 2.22. The molecule has 1 aliphatic rings. The molecule has 0 radical (unpaired) electrons. The van der Waals surface area contributed by atoms with Gasteiger partial charge in [-0.05, 0) is 29.3 Å². The Hall–Kier alpha value is -2.56. The molecule has 102 valence electrons. The van der Waals surface area contributed by atoms with Crippen LogP contribution in [0.4, 0.5) is 11.5 Å². The number of ether oxygens (including phenoxy) is 1. The molecule has 3 N–H and O–H groups in total. The maximum absolute atomic E-state index is 12.0. The van der Waals surface area contributed by atoms with Gasteiger partial charge in [-0.2, -0.15) is 0 Å². The number of nitrogens with zero attached hydrogens (tertiary/aromatic N) is 1. The highest BCUT2D eigenvalue weighted by atomic mass is 16.5. The zero-order valence-corrected chi connectivity index (χ0v) is 10.9. The number of benzene rings is 1. The minimum Gasteiger partial charge on any atom is -0.493 e. The first-order chi connectivity index (χ1) is 9.70. The maximum Gasteiger partial charge on any atom is 0.228 e. The van der Waals surface area contributed by atoms with Gasteiger partial charge in [-0.1, -0.05) is 12.1 Å². The van der Waals surface area contributed by atoms with Crippen LogP contribution in [0.5, 0.6) is 5.75 Å². The van der Waals surface area contributed by atoms with E-state index in [1.807, 2.05) is 18.2 Å². The van der Waals surface area contributed by atoms with E-state index in [9.17, 15) is 4.79 Å². The summed E-state index contributed by atoms with van der Waals surface area (Å²) < 4.78 is 5.44. The lowest BCUT2D eigenvalue weighted by Gasteiger charge is -2.06. The van der Waals surface area contributed by atoms with Gasteiger partial charge in [0.2, 0.25) is 5.91 Å². The molecule has 3 rings (SSSR count). The first-order valence-corrected chi connectivity index (χ1v) is 6.47. The highest BCUT2D eigenvalue weighted by Gasteiger charge is 2.13. The van der Waals surface area contributed by atoms with Gasteiger partial charge in [0.25, 0.3) is 0 Å². The van der Waals surface area contributed by atoms with Crippen LogP contribution >= 0.6 is 0 Å². The van der Waals surface area contributed by atoms with Crippen LogP contribution in [0, 0.1) is 0 Å². The van der Waals surface area contributed by atoms with Gasteiger partial charge in [0.05, 0.1) is 24.9 Å². The van der Waals surface area contributed by atoms with Gasteiger partial charge in [-0.3, -0.25) is 4.79 Å². The second-order valence-corrected chi connectivity index (χ2v) is 4.74. The first kappa shape index (κ1) is 12.5. The lowest BCUT2D eigenvalue weighted by Crippen LogP contribution is -2.14. The van der Waals surface area contributed by atoms with E-state index in [1.54, 1.807) is 18.3 Å². The van der Waals surface area contributed by atoms with Crippen LogP contribution in [0.15, 0.2) is 36.5 Å². The van der Waals surface area contributed by atoms with E-state index in [0.717, 1.165) is 24.3 Å².